The van der Waals surface area contributed by atoms with Crippen LogP contribution >= 0.6 is 0 Å². The Labute approximate surface area is 148 Å². The van der Waals surface area contributed by atoms with Gasteiger partial charge in [0.1, 0.15) is 0 Å². The second-order valence-corrected chi connectivity index (χ2v) is 5.74. The van der Waals surface area contributed by atoms with Crippen molar-refractivity contribution in [3.05, 3.63) is 65.7 Å². The van der Waals surface area contributed by atoms with Crippen LogP contribution in [-0.4, -0.2) is 24.9 Å². The summed E-state index contributed by atoms with van der Waals surface area (Å²) in [4.78, 5) is 24.1. The number of hydrogen-bond donors (Lipinski definition) is 3. The smallest absolute Gasteiger partial charge is 0.251 e. The number of rotatable bonds is 8. The fourth-order valence-corrected chi connectivity index (χ4v) is 2.61. The zero-order valence-electron chi connectivity index (χ0n) is 14.7. The van der Waals surface area contributed by atoms with Gasteiger partial charge in [-0.05, 0) is 37.1 Å². The summed E-state index contributed by atoms with van der Waals surface area (Å²) in [6, 6.07) is 17.1. The van der Waals surface area contributed by atoms with Crippen LogP contribution in [0.4, 0.5) is 5.69 Å². The zero-order chi connectivity index (χ0) is 18.1. The maximum absolute atomic E-state index is 12.2. The summed E-state index contributed by atoms with van der Waals surface area (Å²) in [5.41, 5.74) is 2.31. The molecular weight excluding hydrogens is 314 g/mol. The van der Waals surface area contributed by atoms with Crippen LogP contribution in [0.3, 0.4) is 0 Å². The van der Waals surface area contributed by atoms with Gasteiger partial charge < -0.3 is 16.0 Å². The molecule has 0 saturated heterocycles. The van der Waals surface area contributed by atoms with E-state index in [9.17, 15) is 9.59 Å². The molecule has 0 aliphatic heterocycles. The lowest BCUT2D eigenvalue weighted by molar-refractivity contribution is -0.115. The van der Waals surface area contributed by atoms with Crippen molar-refractivity contribution < 1.29 is 9.59 Å². The summed E-state index contributed by atoms with van der Waals surface area (Å²) in [5, 5.41) is 8.85. The molecule has 0 bridgehead atoms. The highest BCUT2D eigenvalue weighted by molar-refractivity contribution is 5.97. The summed E-state index contributed by atoms with van der Waals surface area (Å²) < 4.78 is 0. The van der Waals surface area contributed by atoms with E-state index < -0.39 is 0 Å². The predicted octanol–water partition coefficient (Wildman–Crippen LogP) is 3.12. The first-order valence-electron chi connectivity index (χ1n) is 8.60. The average molecular weight is 339 g/mol. The lowest BCUT2D eigenvalue weighted by atomic mass is 10.0. The molecule has 0 heterocycles. The molecule has 5 nitrogen and oxygen atoms in total. The Bertz CT molecular complexity index is 701. The zero-order valence-corrected chi connectivity index (χ0v) is 14.7. The molecule has 132 valence electrons. The maximum Gasteiger partial charge on any atom is 0.251 e. The first-order chi connectivity index (χ1) is 12.1. The molecule has 1 atom stereocenters. The molecule has 0 aliphatic rings. The molecule has 5 heteroatoms. The molecule has 0 spiro atoms. The normalized spacial score (nSPS) is 11.6. The van der Waals surface area contributed by atoms with Gasteiger partial charge in [0.25, 0.3) is 5.91 Å². The van der Waals surface area contributed by atoms with Crippen molar-refractivity contribution in [1.29, 1.82) is 0 Å². The van der Waals surface area contributed by atoms with Crippen LogP contribution in [-0.2, 0) is 4.79 Å². The fraction of sp³-hybridized carbons (Fsp3) is 0.300. The van der Waals surface area contributed by atoms with Gasteiger partial charge in [0, 0.05) is 23.8 Å². The Morgan fingerprint density at radius 2 is 1.76 bits per heavy atom. The lowest BCUT2D eigenvalue weighted by Gasteiger charge is -2.17. The van der Waals surface area contributed by atoms with E-state index in [0.717, 1.165) is 12.0 Å². The molecule has 3 N–H and O–H groups in total. The maximum atomic E-state index is 12.2. The summed E-state index contributed by atoms with van der Waals surface area (Å²) >= 11 is 0. The standard InChI is InChI=1S/C20H25N3O2/c1-3-18(15-9-6-5-7-10-15)22-14-19(24)23-17-12-8-11-16(13-17)20(25)21-4-2/h5-13,18,22H,3-4,14H2,1-2H3,(H,21,25)(H,23,24). The SMILES string of the molecule is CCNC(=O)c1cccc(NC(=O)CNC(CC)c2ccccc2)c1. The van der Waals surface area contributed by atoms with Crippen molar-refractivity contribution in [3.8, 4) is 0 Å². The highest BCUT2D eigenvalue weighted by Gasteiger charge is 2.11. The van der Waals surface area contributed by atoms with Gasteiger partial charge in [0.2, 0.25) is 5.91 Å². The van der Waals surface area contributed by atoms with Crippen molar-refractivity contribution in [2.45, 2.75) is 26.3 Å². The second kappa shape index (κ2) is 9.59. The quantitative estimate of drug-likeness (QED) is 0.692. The van der Waals surface area contributed by atoms with E-state index in [1.165, 1.54) is 0 Å². The van der Waals surface area contributed by atoms with Gasteiger partial charge in [-0.2, -0.15) is 0 Å². The van der Waals surface area contributed by atoms with Crippen LogP contribution in [0.1, 0.15) is 42.2 Å². The van der Waals surface area contributed by atoms with Gasteiger partial charge in [-0.25, -0.2) is 0 Å². The number of carbonyl (C=O) groups excluding carboxylic acids is 2. The molecule has 0 fully saturated rings. The van der Waals surface area contributed by atoms with E-state index in [-0.39, 0.29) is 24.4 Å². The Morgan fingerprint density at radius 3 is 2.44 bits per heavy atom. The van der Waals surface area contributed by atoms with E-state index in [0.29, 0.717) is 17.8 Å². The third kappa shape index (κ3) is 5.72. The van der Waals surface area contributed by atoms with E-state index in [1.54, 1.807) is 24.3 Å². The third-order valence-corrected chi connectivity index (χ3v) is 3.87. The van der Waals surface area contributed by atoms with Crippen LogP contribution in [0.5, 0.6) is 0 Å². The van der Waals surface area contributed by atoms with E-state index >= 15 is 0 Å². The molecule has 1 unspecified atom stereocenters. The van der Waals surface area contributed by atoms with Crippen molar-refractivity contribution in [3.63, 3.8) is 0 Å². The lowest BCUT2D eigenvalue weighted by Crippen LogP contribution is -2.31. The van der Waals surface area contributed by atoms with Crippen molar-refractivity contribution >= 4 is 17.5 Å². The molecular formula is C20H25N3O2. The molecule has 0 aromatic heterocycles. The summed E-state index contributed by atoms with van der Waals surface area (Å²) in [7, 11) is 0. The van der Waals surface area contributed by atoms with Crippen LogP contribution in [0.15, 0.2) is 54.6 Å². The van der Waals surface area contributed by atoms with Gasteiger partial charge in [0.15, 0.2) is 0 Å². The van der Waals surface area contributed by atoms with Crippen LogP contribution in [0.25, 0.3) is 0 Å². The first-order valence-corrected chi connectivity index (χ1v) is 8.60. The fourth-order valence-electron chi connectivity index (χ4n) is 2.61. The van der Waals surface area contributed by atoms with Crippen LogP contribution in [0, 0.1) is 0 Å². The monoisotopic (exact) mass is 339 g/mol. The topological polar surface area (TPSA) is 70.2 Å². The van der Waals surface area contributed by atoms with Crippen LogP contribution < -0.4 is 16.0 Å². The average Bonchev–Trinajstić information content (AvgIpc) is 2.63. The van der Waals surface area contributed by atoms with E-state index in [4.69, 9.17) is 0 Å². The van der Waals surface area contributed by atoms with Gasteiger partial charge >= 0.3 is 0 Å². The molecule has 0 radical (unpaired) electrons. The van der Waals surface area contributed by atoms with Gasteiger partial charge in [-0.1, -0.05) is 43.3 Å². The Balaban J connectivity index is 1.92. The number of nitrogens with one attached hydrogen (secondary N) is 3. The molecule has 2 aromatic rings. The summed E-state index contributed by atoms with van der Waals surface area (Å²) in [6.07, 6.45) is 0.893. The highest BCUT2D eigenvalue weighted by atomic mass is 16.2. The van der Waals surface area contributed by atoms with Gasteiger partial charge in [-0.3, -0.25) is 9.59 Å². The first kappa shape index (κ1) is 18.7. The molecule has 0 saturated carbocycles. The summed E-state index contributed by atoms with van der Waals surface area (Å²) in [5.74, 6) is -0.283. The molecule has 2 aromatic carbocycles. The molecule has 25 heavy (non-hydrogen) atoms. The van der Waals surface area contributed by atoms with E-state index in [2.05, 4.69) is 35.0 Å². The highest BCUT2D eigenvalue weighted by Crippen LogP contribution is 2.15. The summed E-state index contributed by atoms with van der Waals surface area (Å²) in [6.45, 7) is 4.72. The van der Waals surface area contributed by atoms with Gasteiger partial charge in [0.05, 0.1) is 6.54 Å². The molecule has 2 rings (SSSR count). The predicted molar refractivity (Wildman–Crippen MR) is 101 cm³/mol. The minimum absolute atomic E-state index is 0.133. The third-order valence-electron chi connectivity index (χ3n) is 3.87. The van der Waals surface area contributed by atoms with E-state index in [1.807, 2.05) is 25.1 Å². The number of anilines is 1. The van der Waals surface area contributed by atoms with Crippen LogP contribution in [0.2, 0.25) is 0 Å². The number of benzene rings is 2. The largest absolute Gasteiger partial charge is 0.352 e. The Morgan fingerprint density at radius 1 is 1.00 bits per heavy atom. The van der Waals surface area contributed by atoms with Gasteiger partial charge in [-0.15, -0.1) is 0 Å². The number of hydrogen-bond acceptors (Lipinski definition) is 3. The van der Waals surface area contributed by atoms with Crippen molar-refractivity contribution in [2.75, 3.05) is 18.4 Å². The molecule has 2 amide bonds. The minimum atomic E-state index is -0.146. The second-order valence-electron chi connectivity index (χ2n) is 5.74. The minimum Gasteiger partial charge on any atom is -0.352 e. The van der Waals surface area contributed by atoms with Crippen molar-refractivity contribution in [2.24, 2.45) is 0 Å². The number of amides is 2. The Hall–Kier alpha value is -2.66. The number of carbonyl (C=O) groups is 2. The molecule has 0 aliphatic carbocycles. The Kier molecular flexibility index (Phi) is 7.16. The van der Waals surface area contributed by atoms with Crippen molar-refractivity contribution in [1.82, 2.24) is 10.6 Å².